The first-order valence-corrected chi connectivity index (χ1v) is 6.90. The van der Waals surface area contributed by atoms with Crippen molar-refractivity contribution in [2.45, 2.75) is 6.04 Å². The molecule has 4 rings (SSSR count). The van der Waals surface area contributed by atoms with Crippen LogP contribution in [0.25, 0.3) is 16.8 Å². The zero-order valence-electron chi connectivity index (χ0n) is 11.4. The fourth-order valence-corrected chi connectivity index (χ4v) is 2.65. The van der Waals surface area contributed by atoms with Crippen LogP contribution in [-0.4, -0.2) is 44.4 Å². The second-order valence-electron chi connectivity index (χ2n) is 5.10. The molecule has 0 bridgehead atoms. The number of nitrogens with zero attached hydrogens (tertiary/aromatic N) is 4. The molecule has 0 amide bonds. The van der Waals surface area contributed by atoms with Crippen LogP contribution in [0.2, 0.25) is 0 Å². The van der Waals surface area contributed by atoms with Crippen LogP contribution < -0.4 is 16.4 Å². The van der Waals surface area contributed by atoms with E-state index in [4.69, 9.17) is 10.7 Å². The van der Waals surface area contributed by atoms with E-state index in [0.717, 1.165) is 42.1 Å². The number of aromatic nitrogens is 5. The van der Waals surface area contributed by atoms with E-state index in [1.54, 1.807) is 16.9 Å². The van der Waals surface area contributed by atoms with Crippen molar-refractivity contribution in [2.24, 2.45) is 0 Å². The summed E-state index contributed by atoms with van der Waals surface area (Å²) in [5, 5.41) is 17.9. The molecular formula is C13H16N8. The van der Waals surface area contributed by atoms with E-state index in [1.807, 2.05) is 12.3 Å². The van der Waals surface area contributed by atoms with E-state index in [0.29, 0.717) is 5.82 Å². The second-order valence-corrected chi connectivity index (χ2v) is 5.10. The Morgan fingerprint density at radius 3 is 3.00 bits per heavy atom. The molecule has 8 heteroatoms. The van der Waals surface area contributed by atoms with Crippen LogP contribution in [0.1, 0.15) is 11.7 Å². The first kappa shape index (κ1) is 12.3. The number of nitrogens with one attached hydrogen (secondary N) is 3. The molecule has 0 radical (unpaired) electrons. The minimum atomic E-state index is 0.165. The third-order valence-corrected chi connectivity index (χ3v) is 3.73. The Balaban J connectivity index is 1.85. The highest BCUT2D eigenvalue weighted by Crippen LogP contribution is 2.25. The highest BCUT2D eigenvalue weighted by Gasteiger charge is 2.19. The Labute approximate surface area is 120 Å². The summed E-state index contributed by atoms with van der Waals surface area (Å²) in [7, 11) is 0. The van der Waals surface area contributed by atoms with Gasteiger partial charge in [0.1, 0.15) is 5.82 Å². The van der Waals surface area contributed by atoms with Gasteiger partial charge in [0.2, 0.25) is 0 Å². The molecule has 5 N–H and O–H groups in total. The lowest BCUT2D eigenvalue weighted by Crippen LogP contribution is -2.43. The topological polar surface area (TPSA) is 109 Å². The molecule has 1 saturated heterocycles. The molecule has 1 aliphatic rings. The molecule has 108 valence electrons. The van der Waals surface area contributed by atoms with Crippen LogP contribution >= 0.6 is 0 Å². The summed E-state index contributed by atoms with van der Waals surface area (Å²) in [6.45, 7) is 2.74. The minimum Gasteiger partial charge on any atom is -0.384 e. The van der Waals surface area contributed by atoms with Gasteiger partial charge in [-0.3, -0.25) is 5.10 Å². The van der Waals surface area contributed by atoms with Gasteiger partial charge in [-0.15, -0.1) is 0 Å². The summed E-state index contributed by atoms with van der Waals surface area (Å²) in [5.74, 6) is 0.581. The number of nitrogens with two attached hydrogens (primary N) is 1. The SMILES string of the molecule is Nc1cc(C2CNCCN2)nc2c(-c3cn[nH]c3)cnn12. The van der Waals surface area contributed by atoms with Crippen LogP contribution in [0.15, 0.2) is 24.7 Å². The lowest BCUT2D eigenvalue weighted by molar-refractivity contribution is 0.423. The Bertz CT molecular complexity index is 754. The molecule has 3 aromatic rings. The van der Waals surface area contributed by atoms with Crippen LogP contribution in [0.3, 0.4) is 0 Å². The van der Waals surface area contributed by atoms with Gasteiger partial charge in [0.25, 0.3) is 0 Å². The molecule has 0 spiro atoms. The predicted molar refractivity (Wildman–Crippen MR) is 78.6 cm³/mol. The molecule has 8 nitrogen and oxygen atoms in total. The van der Waals surface area contributed by atoms with Crippen molar-refractivity contribution in [2.75, 3.05) is 25.4 Å². The first-order valence-electron chi connectivity index (χ1n) is 6.90. The molecule has 4 heterocycles. The maximum atomic E-state index is 6.12. The molecule has 0 saturated carbocycles. The fraction of sp³-hybridized carbons (Fsp3) is 0.308. The lowest BCUT2D eigenvalue weighted by Gasteiger charge is -2.24. The molecule has 0 aliphatic carbocycles. The van der Waals surface area contributed by atoms with Crippen LogP contribution in [0.5, 0.6) is 0 Å². The van der Waals surface area contributed by atoms with E-state index in [-0.39, 0.29) is 6.04 Å². The molecule has 1 atom stereocenters. The molecule has 1 unspecified atom stereocenters. The number of nitrogen functional groups attached to an aromatic ring is 1. The third kappa shape index (κ3) is 2.05. The molecule has 1 aliphatic heterocycles. The van der Waals surface area contributed by atoms with E-state index >= 15 is 0 Å². The Morgan fingerprint density at radius 2 is 2.24 bits per heavy atom. The molecular weight excluding hydrogens is 268 g/mol. The zero-order chi connectivity index (χ0) is 14.2. The summed E-state index contributed by atoms with van der Waals surface area (Å²) < 4.78 is 1.65. The number of anilines is 1. The lowest BCUT2D eigenvalue weighted by atomic mass is 10.1. The summed E-state index contributed by atoms with van der Waals surface area (Å²) in [6, 6.07) is 2.04. The van der Waals surface area contributed by atoms with Gasteiger partial charge in [0.15, 0.2) is 5.65 Å². The van der Waals surface area contributed by atoms with Crippen LogP contribution in [0.4, 0.5) is 5.82 Å². The fourth-order valence-electron chi connectivity index (χ4n) is 2.65. The molecule has 21 heavy (non-hydrogen) atoms. The molecule has 3 aromatic heterocycles. The summed E-state index contributed by atoms with van der Waals surface area (Å²) in [5.41, 5.74) is 9.66. The number of piperazine rings is 1. The quantitative estimate of drug-likeness (QED) is 0.525. The molecule has 1 fully saturated rings. The van der Waals surface area contributed by atoms with Gasteiger partial charge in [-0.1, -0.05) is 0 Å². The minimum absolute atomic E-state index is 0.165. The maximum absolute atomic E-state index is 6.12. The number of aromatic amines is 1. The monoisotopic (exact) mass is 284 g/mol. The van der Waals surface area contributed by atoms with Gasteiger partial charge < -0.3 is 16.4 Å². The van der Waals surface area contributed by atoms with E-state index in [9.17, 15) is 0 Å². The van der Waals surface area contributed by atoms with Gasteiger partial charge in [-0.05, 0) is 0 Å². The van der Waals surface area contributed by atoms with Crippen molar-refractivity contribution in [3.05, 3.63) is 30.4 Å². The van der Waals surface area contributed by atoms with Crippen molar-refractivity contribution in [1.82, 2.24) is 35.4 Å². The van der Waals surface area contributed by atoms with Crippen molar-refractivity contribution in [3.63, 3.8) is 0 Å². The van der Waals surface area contributed by atoms with Gasteiger partial charge >= 0.3 is 0 Å². The second kappa shape index (κ2) is 4.83. The van der Waals surface area contributed by atoms with E-state index < -0.39 is 0 Å². The average Bonchev–Trinajstić information content (AvgIpc) is 3.16. The summed E-state index contributed by atoms with van der Waals surface area (Å²) in [6.07, 6.45) is 5.34. The summed E-state index contributed by atoms with van der Waals surface area (Å²) in [4.78, 5) is 4.75. The van der Waals surface area contributed by atoms with E-state index in [2.05, 4.69) is 25.9 Å². The molecule has 0 aromatic carbocycles. The highest BCUT2D eigenvalue weighted by molar-refractivity contribution is 5.77. The summed E-state index contributed by atoms with van der Waals surface area (Å²) >= 11 is 0. The van der Waals surface area contributed by atoms with Gasteiger partial charge in [-0.25, -0.2) is 4.98 Å². The van der Waals surface area contributed by atoms with Gasteiger partial charge in [0.05, 0.1) is 24.1 Å². The smallest absolute Gasteiger partial charge is 0.165 e. The Morgan fingerprint density at radius 1 is 1.29 bits per heavy atom. The largest absolute Gasteiger partial charge is 0.384 e. The maximum Gasteiger partial charge on any atom is 0.165 e. The standard InChI is InChI=1S/C13H16N8/c14-12-3-10(11-7-15-1-2-16-11)20-13-9(6-19-21(12)13)8-4-17-18-5-8/h3-6,11,15-16H,1-2,7,14H2,(H,17,18). The van der Waals surface area contributed by atoms with Gasteiger partial charge in [0, 0.05) is 43.0 Å². The average molecular weight is 284 g/mol. The number of H-pyrrole nitrogens is 1. The van der Waals surface area contributed by atoms with Crippen LogP contribution in [-0.2, 0) is 0 Å². The van der Waals surface area contributed by atoms with Crippen LogP contribution in [0, 0.1) is 0 Å². The predicted octanol–water partition coefficient (Wildman–Crippen LogP) is -0.0645. The third-order valence-electron chi connectivity index (χ3n) is 3.73. The van der Waals surface area contributed by atoms with Crippen molar-refractivity contribution in [3.8, 4) is 11.1 Å². The van der Waals surface area contributed by atoms with E-state index in [1.165, 1.54) is 0 Å². The zero-order valence-corrected chi connectivity index (χ0v) is 11.4. The van der Waals surface area contributed by atoms with Crippen molar-refractivity contribution >= 4 is 11.5 Å². The van der Waals surface area contributed by atoms with Gasteiger partial charge in [-0.2, -0.15) is 14.7 Å². The number of rotatable bonds is 2. The first-order chi connectivity index (χ1) is 10.3. The normalized spacial score (nSPS) is 19.1. The highest BCUT2D eigenvalue weighted by atomic mass is 15.3. The van der Waals surface area contributed by atoms with Crippen molar-refractivity contribution < 1.29 is 0 Å². The number of hydrogen-bond donors (Lipinski definition) is 4. The van der Waals surface area contributed by atoms with Crippen molar-refractivity contribution in [1.29, 1.82) is 0 Å². The number of hydrogen-bond acceptors (Lipinski definition) is 6. The number of fused-ring (bicyclic) bond motifs is 1. The Hall–Kier alpha value is -2.45. The Kier molecular flexibility index (Phi) is 2.83.